The van der Waals surface area contributed by atoms with E-state index in [1.165, 1.54) is 4.90 Å². The number of carbonyl (C=O) groups excluding carboxylic acids is 2. The molecule has 5 nitrogen and oxygen atoms in total. The molecular formula is C11H21N3O2. The molecule has 0 spiro atoms. The van der Waals surface area contributed by atoms with Crippen LogP contribution in [0.1, 0.15) is 32.6 Å². The maximum absolute atomic E-state index is 11.7. The second-order valence-electron chi connectivity index (χ2n) is 4.43. The SMILES string of the molecule is CCC[C@H](N)C(=O)N(C)CC(=O)NC1CC1. The highest BCUT2D eigenvalue weighted by Gasteiger charge is 2.25. The fourth-order valence-corrected chi connectivity index (χ4v) is 1.51. The number of hydrogen-bond donors (Lipinski definition) is 2. The van der Waals surface area contributed by atoms with Crippen molar-refractivity contribution in [2.24, 2.45) is 5.73 Å². The van der Waals surface area contributed by atoms with Crippen molar-refractivity contribution in [3.63, 3.8) is 0 Å². The molecule has 0 unspecified atom stereocenters. The van der Waals surface area contributed by atoms with Crippen LogP contribution in [0.4, 0.5) is 0 Å². The summed E-state index contributed by atoms with van der Waals surface area (Å²) < 4.78 is 0. The normalized spacial score (nSPS) is 16.7. The summed E-state index contributed by atoms with van der Waals surface area (Å²) in [5.74, 6) is -0.255. The van der Waals surface area contributed by atoms with Gasteiger partial charge in [-0.1, -0.05) is 13.3 Å². The van der Waals surface area contributed by atoms with Crippen molar-refractivity contribution in [3.8, 4) is 0 Å². The highest BCUT2D eigenvalue weighted by Crippen LogP contribution is 2.18. The summed E-state index contributed by atoms with van der Waals surface area (Å²) in [5.41, 5.74) is 5.70. The lowest BCUT2D eigenvalue weighted by atomic mass is 10.1. The third kappa shape index (κ3) is 4.18. The van der Waals surface area contributed by atoms with Crippen LogP contribution >= 0.6 is 0 Å². The highest BCUT2D eigenvalue weighted by molar-refractivity contribution is 5.87. The van der Waals surface area contributed by atoms with E-state index in [-0.39, 0.29) is 18.4 Å². The molecule has 16 heavy (non-hydrogen) atoms. The Balaban J connectivity index is 2.28. The van der Waals surface area contributed by atoms with Gasteiger partial charge in [-0.25, -0.2) is 0 Å². The number of likely N-dealkylation sites (N-methyl/N-ethyl adjacent to an activating group) is 1. The number of nitrogens with one attached hydrogen (secondary N) is 1. The summed E-state index contributed by atoms with van der Waals surface area (Å²) in [6, 6.07) is -0.149. The van der Waals surface area contributed by atoms with Crippen molar-refractivity contribution in [2.75, 3.05) is 13.6 Å². The molecule has 0 aromatic carbocycles. The van der Waals surface area contributed by atoms with Crippen LogP contribution in [-0.4, -0.2) is 42.4 Å². The van der Waals surface area contributed by atoms with E-state index in [0.29, 0.717) is 12.5 Å². The molecule has 92 valence electrons. The summed E-state index contributed by atoms with van der Waals surface area (Å²) in [5, 5.41) is 2.84. The van der Waals surface area contributed by atoms with Gasteiger partial charge in [-0.15, -0.1) is 0 Å². The molecule has 0 aromatic rings. The van der Waals surface area contributed by atoms with E-state index in [9.17, 15) is 9.59 Å². The van der Waals surface area contributed by atoms with Gasteiger partial charge in [0.1, 0.15) is 0 Å². The lowest BCUT2D eigenvalue weighted by molar-refractivity contribution is -0.135. The van der Waals surface area contributed by atoms with E-state index < -0.39 is 6.04 Å². The summed E-state index contributed by atoms with van der Waals surface area (Å²) in [6.45, 7) is 2.08. The van der Waals surface area contributed by atoms with Crippen molar-refractivity contribution in [2.45, 2.75) is 44.7 Å². The number of nitrogens with two attached hydrogens (primary N) is 1. The first-order valence-electron chi connectivity index (χ1n) is 5.84. The zero-order valence-corrected chi connectivity index (χ0v) is 10.0. The van der Waals surface area contributed by atoms with Crippen LogP contribution in [0.2, 0.25) is 0 Å². The average molecular weight is 227 g/mol. The molecule has 2 amide bonds. The highest BCUT2D eigenvalue weighted by atomic mass is 16.2. The predicted octanol–water partition coefficient (Wildman–Crippen LogP) is -0.149. The first kappa shape index (κ1) is 13.0. The van der Waals surface area contributed by atoms with Gasteiger partial charge in [0.2, 0.25) is 11.8 Å². The number of amides is 2. The second kappa shape index (κ2) is 5.84. The van der Waals surface area contributed by atoms with Crippen molar-refractivity contribution in [3.05, 3.63) is 0 Å². The Morgan fingerprint density at radius 3 is 2.62 bits per heavy atom. The van der Waals surface area contributed by atoms with Gasteiger partial charge in [0.15, 0.2) is 0 Å². The smallest absolute Gasteiger partial charge is 0.239 e. The Bertz CT molecular complexity index is 264. The Morgan fingerprint density at radius 2 is 2.12 bits per heavy atom. The van der Waals surface area contributed by atoms with Crippen LogP contribution in [0, 0.1) is 0 Å². The molecule has 1 rings (SSSR count). The molecule has 0 aromatic heterocycles. The molecule has 0 radical (unpaired) electrons. The summed E-state index contributed by atoms with van der Waals surface area (Å²) in [6.07, 6.45) is 3.64. The molecule has 5 heteroatoms. The van der Waals surface area contributed by atoms with Crippen molar-refractivity contribution in [1.82, 2.24) is 10.2 Å². The summed E-state index contributed by atoms with van der Waals surface area (Å²) in [4.78, 5) is 24.5. The first-order chi connectivity index (χ1) is 7.54. The average Bonchev–Trinajstić information content (AvgIpc) is 3.00. The molecule has 0 saturated heterocycles. The third-order valence-electron chi connectivity index (χ3n) is 2.62. The fourth-order valence-electron chi connectivity index (χ4n) is 1.51. The van der Waals surface area contributed by atoms with E-state index in [2.05, 4.69) is 5.32 Å². The summed E-state index contributed by atoms with van der Waals surface area (Å²) in [7, 11) is 1.62. The quantitative estimate of drug-likeness (QED) is 0.662. The molecule has 0 aliphatic heterocycles. The van der Waals surface area contributed by atoms with Gasteiger partial charge in [-0.3, -0.25) is 9.59 Å². The lowest BCUT2D eigenvalue weighted by Gasteiger charge is -2.20. The standard InChI is InChI=1S/C11H21N3O2/c1-3-4-9(12)11(16)14(2)7-10(15)13-8-5-6-8/h8-9H,3-7,12H2,1-2H3,(H,13,15)/t9-/m0/s1. The van der Waals surface area contributed by atoms with Crippen LogP contribution in [0.3, 0.4) is 0 Å². The molecule has 0 heterocycles. The predicted molar refractivity (Wildman–Crippen MR) is 61.7 cm³/mol. The van der Waals surface area contributed by atoms with Crippen LogP contribution in [0.25, 0.3) is 0 Å². The van der Waals surface area contributed by atoms with Crippen LogP contribution in [0.15, 0.2) is 0 Å². The molecule has 3 N–H and O–H groups in total. The van der Waals surface area contributed by atoms with Crippen molar-refractivity contribution >= 4 is 11.8 Å². The maximum Gasteiger partial charge on any atom is 0.239 e. The van der Waals surface area contributed by atoms with E-state index in [1.807, 2.05) is 6.92 Å². The third-order valence-corrected chi connectivity index (χ3v) is 2.62. The molecule has 1 atom stereocenters. The van der Waals surface area contributed by atoms with Crippen molar-refractivity contribution < 1.29 is 9.59 Å². The van der Waals surface area contributed by atoms with E-state index >= 15 is 0 Å². The lowest BCUT2D eigenvalue weighted by Crippen LogP contribution is -2.46. The van der Waals surface area contributed by atoms with E-state index in [0.717, 1.165) is 19.3 Å². The fraction of sp³-hybridized carbons (Fsp3) is 0.818. The first-order valence-corrected chi connectivity index (χ1v) is 5.84. The minimum absolute atomic E-state index is 0.0953. The number of nitrogens with zero attached hydrogens (tertiary/aromatic N) is 1. The van der Waals surface area contributed by atoms with Crippen LogP contribution in [0.5, 0.6) is 0 Å². The monoisotopic (exact) mass is 227 g/mol. The zero-order chi connectivity index (χ0) is 12.1. The zero-order valence-electron chi connectivity index (χ0n) is 10.0. The molecule has 1 saturated carbocycles. The van der Waals surface area contributed by atoms with E-state index in [4.69, 9.17) is 5.73 Å². The molecule has 0 bridgehead atoms. The van der Waals surface area contributed by atoms with Gasteiger partial charge < -0.3 is 16.0 Å². The van der Waals surface area contributed by atoms with E-state index in [1.54, 1.807) is 7.05 Å². The van der Waals surface area contributed by atoms with Gasteiger partial charge in [0.05, 0.1) is 12.6 Å². The Hall–Kier alpha value is -1.10. The molecule has 1 aliphatic carbocycles. The van der Waals surface area contributed by atoms with Gasteiger partial charge in [-0.05, 0) is 19.3 Å². The topological polar surface area (TPSA) is 75.4 Å². The van der Waals surface area contributed by atoms with Crippen LogP contribution < -0.4 is 11.1 Å². The largest absolute Gasteiger partial charge is 0.352 e. The Labute approximate surface area is 96.4 Å². The summed E-state index contributed by atoms with van der Waals surface area (Å²) >= 11 is 0. The number of rotatable bonds is 6. The Morgan fingerprint density at radius 1 is 1.50 bits per heavy atom. The van der Waals surface area contributed by atoms with Crippen molar-refractivity contribution in [1.29, 1.82) is 0 Å². The minimum Gasteiger partial charge on any atom is -0.352 e. The molecule has 1 aliphatic rings. The second-order valence-corrected chi connectivity index (χ2v) is 4.43. The van der Waals surface area contributed by atoms with Gasteiger partial charge in [0.25, 0.3) is 0 Å². The molecular weight excluding hydrogens is 206 g/mol. The Kier molecular flexibility index (Phi) is 4.73. The van der Waals surface area contributed by atoms with Gasteiger partial charge in [-0.2, -0.15) is 0 Å². The number of carbonyl (C=O) groups is 2. The number of hydrogen-bond acceptors (Lipinski definition) is 3. The van der Waals surface area contributed by atoms with Gasteiger partial charge >= 0.3 is 0 Å². The van der Waals surface area contributed by atoms with Gasteiger partial charge in [0, 0.05) is 13.1 Å². The molecule has 1 fully saturated rings. The van der Waals surface area contributed by atoms with Crippen LogP contribution in [-0.2, 0) is 9.59 Å². The minimum atomic E-state index is -0.483. The maximum atomic E-state index is 11.7.